The van der Waals surface area contributed by atoms with Gasteiger partial charge in [0.15, 0.2) is 0 Å². The fourth-order valence-electron chi connectivity index (χ4n) is 4.89. The van der Waals surface area contributed by atoms with Crippen molar-refractivity contribution < 1.29 is 13.6 Å². The first-order valence-electron chi connectivity index (χ1n) is 11.6. The molecule has 1 atom stereocenters. The van der Waals surface area contributed by atoms with E-state index in [0.717, 1.165) is 43.7 Å². The molecule has 2 heterocycles. The number of carbonyl (C=O) groups is 1. The molecule has 4 rings (SSSR count). The maximum absolute atomic E-state index is 13.4. The second-order valence-corrected chi connectivity index (χ2v) is 8.64. The first-order chi connectivity index (χ1) is 15.5. The van der Waals surface area contributed by atoms with Crippen molar-refractivity contribution in [3.8, 4) is 0 Å². The summed E-state index contributed by atoms with van der Waals surface area (Å²) in [5, 5.41) is 3.08. The van der Waals surface area contributed by atoms with E-state index in [4.69, 9.17) is 0 Å². The molecular weight excluding hydrogens is 410 g/mol. The summed E-state index contributed by atoms with van der Waals surface area (Å²) in [5.41, 5.74) is 1.51. The molecule has 0 radical (unpaired) electrons. The van der Waals surface area contributed by atoms with Crippen LogP contribution in [0.15, 0.2) is 48.5 Å². The third kappa shape index (κ3) is 5.27. The molecule has 1 unspecified atom stereocenters. The number of hydrogen-bond donors (Lipinski definition) is 1. The summed E-state index contributed by atoms with van der Waals surface area (Å²) in [6.07, 6.45) is 4.08. The molecule has 2 aromatic rings. The zero-order valence-electron chi connectivity index (χ0n) is 18.6. The van der Waals surface area contributed by atoms with Crippen LogP contribution in [0.4, 0.5) is 13.6 Å². The van der Waals surface area contributed by atoms with Gasteiger partial charge in [-0.1, -0.05) is 31.2 Å². The standard InChI is InChI=1S/C25H32F2N4O/c1-2-23(29-13-3-4-14-29)30-15-17-31(18-16-30)25(32)28-24(19-5-9-21(26)10-6-19)20-7-11-22(27)12-8-20/h5-12,23-24H,2-4,13-18H2,1H3,(H,28,32). The van der Waals surface area contributed by atoms with E-state index in [2.05, 4.69) is 22.0 Å². The highest BCUT2D eigenvalue weighted by molar-refractivity contribution is 5.75. The number of hydrogen-bond acceptors (Lipinski definition) is 3. The Morgan fingerprint density at radius 3 is 1.75 bits per heavy atom. The lowest BCUT2D eigenvalue weighted by atomic mass is 9.98. The lowest BCUT2D eigenvalue weighted by Crippen LogP contribution is -2.57. The average Bonchev–Trinajstić information content (AvgIpc) is 3.34. The molecule has 172 valence electrons. The van der Waals surface area contributed by atoms with Crippen molar-refractivity contribution in [2.75, 3.05) is 39.3 Å². The van der Waals surface area contributed by atoms with Crippen LogP contribution in [0.2, 0.25) is 0 Å². The van der Waals surface area contributed by atoms with Crippen LogP contribution in [0, 0.1) is 11.6 Å². The minimum absolute atomic E-state index is 0.155. The second-order valence-electron chi connectivity index (χ2n) is 8.64. The van der Waals surface area contributed by atoms with Gasteiger partial charge >= 0.3 is 6.03 Å². The summed E-state index contributed by atoms with van der Waals surface area (Å²) >= 11 is 0. The molecule has 0 saturated carbocycles. The summed E-state index contributed by atoms with van der Waals surface area (Å²) < 4.78 is 26.9. The number of rotatable bonds is 6. The Labute approximate surface area is 189 Å². The Morgan fingerprint density at radius 2 is 1.28 bits per heavy atom. The molecular formula is C25H32F2N4O. The van der Waals surface area contributed by atoms with Crippen LogP contribution in [0.5, 0.6) is 0 Å². The molecule has 2 fully saturated rings. The van der Waals surface area contributed by atoms with Crippen LogP contribution in [-0.2, 0) is 0 Å². The van der Waals surface area contributed by atoms with Crippen molar-refractivity contribution in [1.29, 1.82) is 0 Å². The molecule has 2 aliphatic heterocycles. The zero-order valence-corrected chi connectivity index (χ0v) is 18.6. The van der Waals surface area contributed by atoms with E-state index in [0.29, 0.717) is 19.3 Å². The molecule has 32 heavy (non-hydrogen) atoms. The number of likely N-dealkylation sites (tertiary alicyclic amines) is 1. The SMILES string of the molecule is CCC(N1CCCC1)N1CCN(C(=O)NC(c2ccc(F)cc2)c2ccc(F)cc2)CC1. The Hall–Kier alpha value is -2.51. The van der Waals surface area contributed by atoms with Gasteiger partial charge < -0.3 is 10.2 Å². The summed E-state index contributed by atoms with van der Waals surface area (Å²) in [6, 6.07) is 11.5. The normalized spacial score (nSPS) is 18.8. The van der Waals surface area contributed by atoms with Crippen molar-refractivity contribution in [2.24, 2.45) is 0 Å². The Kier molecular flexibility index (Phi) is 7.37. The van der Waals surface area contributed by atoms with Crippen LogP contribution < -0.4 is 5.32 Å². The molecule has 5 nitrogen and oxygen atoms in total. The highest BCUT2D eigenvalue weighted by atomic mass is 19.1. The van der Waals surface area contributed by atoms with Gasteiger partial charge in [0.1, 0.15) is 11.6 Å². The average molecular weight is 443 g/mol. The number of amides is 2. The Morgan fingerprint density at radius 1 is 0.812 bits per heavy atom. The van der Waals surface area contributed by atoms with Crippen LogP contribution in [0.3, 0.4) is 0 Å². The van der Waals surface area contributed by atoms with Crippen molar-refractivity contribution >= 4 is 6.03 Å². The van der Waals surface area contributed by atoms with E-state index < -0.39 is 6.04 Å². The topological polar surface area (TPSA) is 38.8 Å². The first-order valence-corrected chi connectivity index (χ1v) is 11.6. The van der Waals surface area contributed by atoms with E-state index in [9.17, 15) is 13.6 Å². The number of nitrogens with zero attached hydrogens (tertiary/aromatic N) is 3. The van der Waals surface area contributed by atoms with E-state index >= 15 is 0 Å². The minimum atomic E-state index is -0.477. The largest absolute Gasteiger partial charge is 0.327 e. The Bertz CT molecular complexity index is 830. The van der Waals surface area contributed by atoms with E-state index in [1.54, 1.807) is 24.3 Å². The molecule has 2 aromatic carbocycles. The lowest BCUT2D eigenvalue weighted by Gasteiger charge is -2.42. The number of carbonyl (C=O) groups excluding carboxylic acids is 1. The fraction of sp³-hybridized carbons (Fsp3) is 0.480. The van der Waals surface area contributed by atoms with Gasteiger partial charge in [-0.05, 0) is 67.7 Å². The number of nitrogens with one attached hydrogen (secondary N) is 1. The molecule has 2 saturated heterocycles. The summed E-state index contributed by atoms with van der Waals surface area (Å²) in [4.78, 5) is 20.0. The number of urea groups is 1. The highest BCUT2D eigenvalue weighted by Crippen LogP contribution is 2.24. The van der Waals surface area contributed by atoms with Crippen LogP contribution in [0.25, 0.3) is 0 Å². The zero-order chi connectivity index (χ0) is 22.5. The van der Waals surface area contributed by atoms with Crippen molar-refractivity contribution in [2.45, 2.75) is 38.4 Å². The molecule has 1 N–H and O–H groups in total. The predicted octanol–water partition coefficient (Wildman–Crippen LogP) is 4.21. The van der Waals surface area contributed by atoms with Gasteiger partial charge in [0.2, 0.25) is 0 Å². The molecule has 0 aromatic heterocycles. The number of benzene rings is 2. The van der Waals surface area contributed by atoms with E-state index in [1.165, 1.54) is 37.1 Å². The second kappa shape index (κ2) is 10.4. The van der Waals surface area contributed by atoms with Crippen molar-refractivity contribution in [3.05, 3.63) is 71.3 Å². The van der Waals surface area contributed by atoms with Crippen molar-refractivity contribution in [3.63, 3.8) is 0 Å². The lowest BCUT2D eigenvalue weighted by molar-refractivity contribution is 0.0247. The monoisotopic (exact) mass is 442 g/mol. The smallest absolute Gasteiger partial charge is 0.318 e. The summed E-state index contributed by atoms with van der Waals surface area (Å²) in [5.74, 6) is -0.671. The van der Waals surface area contributed by atoms with Crippen molar-refractivity contribution in [1.82, 2.24) is 20.0 Å². The quantitative estimate of drug-likeness (QED) is 0.728. The third-order valence-electron chi connectivity index (χ3n) is 6.62. The highest BCUT2D eigenvalue weighted by Gasteiger charge is 2.30. The first kappa shape index (κ1) is 22.7. The number of piperazine rings is 1. The predicted molar refractivity (Wildman–Crippen MR) is 121 cm³/mol. The number of halogens is 2. The Balaban J connectivity index is 1.42. The van der Waals surface area contributed by atoms with Crippen LogP contribution >= 0.6 is 0 Å². The van der Waals surface area contributed by atoms with Gasteiger partial charge in [0, 0.05) is 26.2 Å². The maximum Gasteiger partial charge on any atom is 0.318 e. The minimum Gasteiger partial charge on any atom is -0.327 e. The van der Waals surface area contributed by atoms with Gasteiger partial charge in [-0.3, -0.25) is 9.80 Å². The van der Waals surface area contributed by atoms with Gasteiger partial charge in [-0.15, -0.1) is 0 Å². The maximum atomic E-state index is 13.4. The fourth-order valence-corrected chi connectivity index (χ4v) is 4.89. The summed E-state index contributed by atoms with van der Waals surface area (Å²) in [6.45, 7) is 7.58. The van der Waals surface area contributed by atoms with E-state index in [-0.39, 0.29) is 17.7 Å². The van der Waals surface area contributed by atoms with Gasteiger partial charge in [-0.2, -0.15) is 0 Å². The van der Waals surface area contributed by atoms with Gasteiger partial charge in [0.25, 0.3) is 0 Å². The molecule has 0 bridgehead atoms. The van der Waals surface area contributed by atoms with Crippen LogP contribution in [0.1, 0.15) is 43.4 Å². The molecule has 0 spiro atoms. The summed E-state index contributed by atoms with van der Waals surface area (Å²) in [7, 11) is 0. The van der Waals surface area contributed by atoms with E-state index in [1.807, 2.05) is 4.90 Å². The van der Waals surface area contributed by atoms with Crippen LogP contribution in [-0.4, -0.2) is 66.2 Å². The van der Waals surface area contributed by atoms with Gasteiger partial charge in [-0.25, -0.2) is 13.6 Å². The van der Waals surface area contributed by atoms with Gasteiger partial charge in [0.05, 0.1) is 12.2 Å². The molecule has 2 aliphatic rings. The molecule has 0 aliphatic carbocycles. The molecule has 7 heteroatoms. The molecule has 2 amide bonds. The third-order valence-corrected chi connectivity index (χ3v) is 6.62.